The van der Waals surface area contributed by atoms with Gasteiger partial charge in [0.15, 0.2) is 5.75 Å². The zero-order chi connectivity index (χ0) is 15.6. The van der Waals surface area contributed by atoms with Crippen molar-refractivity contribution in [2.24, 2.45) is 5.92 Å². The van der Waals surface area contributed by atoms with Crippen molar-refractivity contribution in [3.8, 4) is 23.0 Å². The monoisotopic (exact) mass is 311 g/mol. The fourth-order valence-corrected chi connectivity index (χ4v) is 2.28. The van der Waals surface area contributed by atoms with Crippen molar-refractivity contribution in [2.75, 3.05) is 0 Å². The first-order chi connectivity index (χ1) is 11.3. The molecular formula is C17H14FN3O2. The first-order valence-corrected chi connectivity index (χ1v) is 7.48. The van der Waals surface area contributed by atoms with Gasteiger partial charge >= 0.3 is 0 Å². The van der Waals surface area contributed by atoms with E-state index >= 15 is 0 Å². The van der Waals surface area contributed by atoms with Gasteiger partial charge in [-0.2, -0.15) is 0 Å². The van der Waals surface area contributed by atoms with Gasteiger partial charge in [0, 0.05) is 12.6 Å². The topological polar surface area (TPSA) is 61.0 Å². The molecule has 0 saturated heterocycles. The molecule has 6 heteroatoms. The highest BCUT2D eigenvalue weighted by atomic mass is 19.1. The number of pyridine rings is 1. The highest BCUT2D eigenvalue weighted by Crippen LogP contribution is 2.35. The Morgan fingerprint density at radius 2 is 1.96 bits per heavy atom. The summed E-state index contributed by atoms with van der Waals surface area (Å²) < 4.78 is 24.5. The number of hydrogen-bond acceptors (Lipinski definition) is 5. The Kier molecular flexibility index (Phi) is 3.49. The number of halogens is 1. The molecule has 0 radical (unpaired) electrons. The van der Waals surface area contributed by atoms with Gasteiger partial charge in [0.1, 0.15) is 11.6 Å². The fraction of sp³-hybridized carbons (Fsp3) is 0.235. The van der Waals surface area contributed by atoms with Crippen LogP contribution < -0.4 is 4.74 Å². The number of benzene rings is 1. The SMILES string of the molecule is Fc1ccc(Oc2cnccc2-c2nnc(CC3CC3)o2)cc1. The molecule has 116 valence electrons. The molecule has 2 aromatic heterocycles. The van der Waals surface area contributed by atoms with Crippen LogP contribution in [0, 0.1) is 11.7 Å². The molecule has 1 aromatic carbocycles. The van der Waals surface area contributed by atoms with E-state index in [9.17, 15) is 4.39 Å². The van der Waals surface area contributed by atoms with Crippen LogP contribution in [0.4, 0.5) is 4.39 Å². The normalized spacial score (nSPS) is 14.0. The smallest absolute Gasteiger partial charge is 0.251 e. The first kappa shape index (κ1) is 13.9. The molecule has 1 aliphatic rings. The summed E-state index contributed by atoms with van der Waals surface area (Å²) in [5.41, 5.74) is 0.666. The number of hydrogen-bond donors (Lipinski definition) is 0. The molecule has 0 aliphatic heterocycles. The zero-order valence-electron chi connectivity index (χ0n) is 12.3. The highest BCUT2D eigenvalue weighted by molar-refractivity contribution is 5.61. The van der Waals surface area contributed by atoms with E-state index in [1.807, 2.05) is 0 Å². The lowest BCUT2D eigenvalue weighted by Crippen LogP contribution is -1.90. The third-order valence-electron chi connectivity index (χ3n) is 3.68. The maximum atomic E-state index is 13.0. The van der Waals surface area contributed by atoms with Gasteiger partial charge in [-0.1, -0.05) is 0 Å². The molecule has 3 aromatic rings. The maximum Gasteiger partial charge on any atom is 0.251 e. The minimum absolute atomic E-state index is 0.314. The first-order valence-electron chi connectivity index (χ1n) is 7.48. The van der Waals surface area contributed by atoms with E-state index in [0.29, 0.717) is 34.8 Å². The molecule has 5 nitrogen and oxygen atoms in total. The standard InChI is InChI=1S/C17H14FN3O2/c18-12-3-5-13(6-4-12)22-15-10-19-8-7-14(15)17-21-20-16(23-17)9-11-1-2-11/h3-8,10-11H,1-2,9H2. The van der Waals surface area contributed by atoms with Crippen LogP contribution in [0.15, 0.2) is 47.1 Å². The van der Waals surface area contributed by atoms with Gasteiger partial charge in [0.2, 0.25) is 5.89 Å². The van der Waals surface area contributed by atoms with Crippen LogP contribution in [0.5, 0.6) is 11.5 Å². The van der Waals surface area contributed by atoms with Crippen LogP contribution in [0.1, 0.15) is 18.7 Å². The van der Waals surface area contributed by atoms with E-state index in [4.69, 9.17) is 9.15 Å². The van der Waals surface area contributed by atoms with Crippen molar-refractivity contribution in [3.05, 3.63) is 54.4 Å². The summed E-state index contributed by atoms with van der Waals surface area (Å²) in [6.45, 7) is 0. The Hall–Kier alpha value is -2.76. The van der Waals surface area contributed by atoms with E-state index in [2.05, 4.69) is 15.2 Å². The molecule has 0 amide bonds. The minimum atomic E-state index is -0.314. The van der Waals surface area contributed by atoms with E-state index in [-0.39, 0.29) is 5.82 Å². The molecule has 0 bridgehead atoms. The minimum Gasteiger partial charge on any atom is -0.455 e. The number of nitrogens with zero attached hydrogens (tertiary/aromatic N) is 3. The van der Waals surface area contributed by atoms with E-state index in [0.717, 1.165) is 6.42 Å². The predicted octanol–water partition coefficient (Wildman–Crippen LogP) is 4.02. The molecule has 2 heterocycles. The van der Waals surface area contributed by atoms with Crippen molar-refractivity contribution >= 4 is 0 Å². The molecule has 1 saturated carbocycles. The third-order valence-corrected chi connectivity index (χ3v) is 3.68. The lowest BCUT2D eigenvalue weighted by molar-refractivity contribution is 0.468. The van der Waals surface area contributed by atoms with Gasteiger partial charge in [-0.15, -0.1) is 10.2 Å². The third kappa shape index (κ3) is 3.21. The molecule has 0 unspecified atom stereocenters. The summed E-state index contributed by atoms with van der Waals surface area (Å²) >= 11 is 0. The van der Waals surface area contributed by atoms with Gasteiger partial charge in [-0.25, -0.2) is 4.39 Å². The van der Waals surface area contributed by atoms with Crippen molar-refractivity contribution in [2.45, 2.75) is 19.3 Å². The molecule has 1 aliphatic carbocycles. The van der Waals surface area contributed by atoms with Crippen LogP contribution >= 0.6 is 0 Å². The summed E-state index contributed by atoms with van der Waals surface area (Å²) in [5.74, 6) is 2.41. The second-order valence-corrected chi connectivity index (χ2v) is 5.58. The number of ether oxygens (including phenoxy) is 1. The maximum absolute atomic E-state index is 13.0. The zero-order valence-corrected chi connectivity index (χ0v) is 12.3. The van der Waals surface area contributed by atoms with E-state index in [1.165, 1.54) is 25.0 Å². The fourth-order valence-electron chi connectivity index (χ4n) is 2.28. The van der Waals surface area contributed by atoms with Gasteiger partial charge in [0.25, 0.3) is 5.89 Å². The highest BCUT2D eigenvalue weighted by Gasteiger charge is 2.25. The molecule has 0 spiro atoms. The average Bonchev–Trinajstić information content (AvgIpc) is 3.26. The molecule has 0 N–H and O–H groups in total. The van der Waals surface area contributed by atoms with Crippen LogP contribution in [0.2, 0.25) is 0 Å². The quantitative estimate of drug-likeness (QED) is 0.712. The Morgan fingerprint density at radius 3 is 2.74 bits per heavy atom. The van der Waals surface area contributed by atoms with E-state index in [1.54, 1.807) is 30.6 Å². The number of aromatic nitrogens is 3. The number of rotatable bonds is 5. The lowest BCUT2D eigenvalue weighted by atomic mass is 10.2. The van der Waals surface area contributed by atoms with Crippen LogP contribution in [0.25, 0.3) is 11.5 Å². The summed E-state index contributed by atoms with van der Waals surface area (Å²) in [7, 11) is 0. The summed E-state index contributed by atoms with van der Waals surface area (Å²) in [5, 5.41) is 8.19. The van der Waals surface area contributed by atoms with Gasteiger partial charge < -0.3 is 9.15 Å². The van der Waals surface area contributed by atoms with Crippen LogP contribution in [0.3, 0.4) is 0 Å². The Balaban J connectivity index is 1.60. The molecule has 1 fully saturated rings. The Morgan fingerprint density at radius 1 is 1.13 bits per heavy atom. The van der Waals surface area contributed by atoms with Crippen molar-refractivity contribution in [1.82, 2.24) is 15.2 Å². The Labute approximate surface area is 132 Å². The van der Waals surface area contributed by atoms with Crippen molar-refractivity contribution in [3.63, 3.8) is 0 Å². The lowest BCUT2D eigenvalue weighted by Gasteiger charge is -2.08. The molecular weight excluding hydrogens is 297 g/mol. The van der Waals surface area contributed by atoms with Gasteiger partial charge in [-0.05, 0) is 49.1 Å². The summed E-state index contributed by atoms with van der Waals surface area (Å²) in [6, 6.07) is 7.54. The van der Waals surface area contributed by atoms with Gasteiger partial charge in [0.05, 0.1) is 11.8 Å². The second kappa shape index (κ2) is 5.79. The van der Waals surface area contributed by atoms with Crippen LogP contribution in [-0.4, -0.2) is 15.2 Å². The van der Waals surface area contributed by atoms with Crippen LogP contribution in [-0.2, 0) is 6.42 Å². The average molecular weight is 311 g/mol. The van der Waals surface area contributed by atoms with Crippen molar-refractivity contribution < 1.29 is 13.5 Å². The molecule has 4 rings (SSSR count). The Bertz CT molecular complexity index is 813. The van der Waals surface area contributed by atoms with Crippen molar-refractivity contribution in [1.29, 1.82) is 0 Å². The summed E-state index contributed by atoms with van der Waals surface area (Å²) in [4.78, 5) is 4.06. The molecule has 23 heavy (non-hydrogen) atoms. The largest absolute Gasteiger partial charge is 0.455 e. The summed E-state index contributed by atoms with van der Waals surface area (Å²) in [6.07, 6.45) is 6.49. The second-order valence-electron chi connectivity index (χ2n) is 5.58. The van der Waals surface area contributed by atoms with Gasteiger partial charge in [-0.3, -0.25) is 4.98 Å². The predicted molar refractivity (Wildman–Crippen MR) is 80.4 cm³/mol. The molecule has 0 atom stereocenters. The van der Waals surface area contributed by atoms with E-state index < -0.39 is 0 Å².